The maximum Gasteiger partial charge on any atom is 0.182 e. The molecule has 2 aromatic heterocycles. The molecule has 29 heavy (non-hydrogen) atoms. The zero-order valence-electron chi connectivity index (χ0n) is 16.6. The highest BCUT2D eigenvalue weighted by molar-refractivity contribution is 5.93. The standard InChI is InChI=1S/C23H26N4O2/c1-16-20-12-24-14-27(20)19(23(16)18-5-3-2-4-6-18)11-21(28)17-7-9-26(10-8-17)22-13-29-15-25-22/h2-6,12-15,17,19,21,28H,7-11H2,1H3. The zero-order valence-corrected chi connectivity index (χ0v) is 16.6. The molecule has 2 atom stereocenters. The minimum atomic E-state index is -0.348. The molecule has 150 valence electrons. The van der Waals surface area contributed by atoms with Crippen LogP contribution in [0.5, 0.6) is 0 Å². The van der Waals surface area contributed by atoms with Crippen molar-refractivity contribution in [2.45, 2.75) is 38.3 Å². The van der Waals surface area contributed by atoms with Gasteiger partial charge in [-0.15, -0.1) is 0 Å². The molecule has 0 radical (unpaired) electrons. The number of aliphatic hydroxyl groups excluding tert-OH is 1. The predicted molar refractivity (Wildman–Crippen MR) is 112 cm³/mol. The molecule has 0 bridgehead atoms. The predicted octanol–water partition coefficient (Wildman–Crippen LogP) is 4.02. The number of hydrogen-bond acceptors (Lipinski definition) is 5. The van der Waals surface area contributed by atoms with E-state index in [1.54, 1.807) is 6.26 Å². The first-order valence-corrected chi connectivity index (χ1v) is 10.3. The van der Waals surface area contributed by atoms with Gasteiger partial charge < -0.3 is 19.0 Å². The fourth-order valence-electron chi connectivity index (χ4n) is 4.93. The smallest absolute Gasteiger partial charge is 0.182 e. The van der Waals surface area contributed by atoms with Gasteiger partial charge in [0.15, 0.2) is 12.2 Å². The summed E-state index contributed by atoms with van der Waals surface area (Å²) < 4.78 is 7.33. The summed E-state index contributed by atoms with van der Waals surface area (Å²) in [6.07, 6.45) is 9.27. The van der Waals surface area contributed by atoms with Crippen LogP contribution in [0.3, 0.4) is 0 Å². The maximum absolute atomic E-state index is 11.2. The number of fused-ring (bicyclic) bond motifs is 1. The quantitative estimate of drug-likeness (QED) is 0.713. The Balaban J connectivity index is 1.33. The summed E-state index contributed by atoms with van der Waals surface area (Å²) in [5.74, 6) is 1.18. The third-order valence-corrected chi connectivity index (χ3v) is 6.50. The van der Waals surface area contributed by atoms with Gasteiger partial charge in [-0.2, -0.15) is 4.98 Å². The van der Waals surface area contributed by atoms with E-state index in [0.29, 0.717) is 12.3 Å². The van der Waals surface area contributed by atoms with E-state index in [9.17, 15) is 5.11 Å². The second kappa shape index (κ2) is 7.52. The molecule has 5 rings (SSSR count). The number of anilines is 1. The molecule has 0 amide bonds. The lowest BCUT2D eigenvalue weighted by Gasteiger charge is -2.35. The van der Waals surface area contributed by atoms with Crippen LogP contribution in [0, 0.1) is 5.92 Å². The van der Waals surface area contributed by atoms with Crippen LogP contribution in [-0.4, -0.2) is 38.8 Å². The van der Waals surface area contributed by atoms with Gasteiger partial charge in [0.1, 0.15) is 6.26 Å². The van der Waals surface area contributed by atoms with Crippen LogP contribution in [0.2, 0.25) is 0 Å². The van der Waals surface area contributed by atoms with Crippen LogP contribution in [0.25, 0.3) is 11.1 Å². The third kappa shape index (κ3) is 3.27. The molecule has 1 N–H and O–H groups in total. The summed E-state index contributed by atoms with van der Waals surface area (Å²) in [7, 11) is 0. The molecule has 0 saturated carbocycles. The van der Waals surface area contributed by atoms with Crippen LogP contribution in [-0.2, 0) is 0 Å². The first-order valence-electron chi connectivity index (χ1n) is 10.3. The molecule has 0 aliphatic carbocycles. The number of oxazole rings is 1. The van der Waals surface area contributed by atoms with Crippen molar-refractivity contribution < 1.29 is 9.52 Å². The van der Waals surface area contributed by atoms with Gasteiger partial charge in [0.2, 0.25) is 0 Å². The van der Waals surface area contributed by atoms with Crippen LogP contribution in [0.15, 0.2) is 59.9 Å². The lowest BCUT2D eigenvalue weighted by atomic mass is 9.85. The number of allylic oxidation sites excluding steroid dienone is 2. The second-order valence-corrected chi connectivity index (χ2v) is 8.08. The van der Waals surface area contributed by atoms with E-state index in [2.05, 4.69) is 50.6 Å². The molecule has 2 aliphatic heterocycles. The Morgan fingerprint density at radius 3 is 2.72 bits per heavy atom. The van der Waals surface area contributed by atoms with Crippen LogP contribution >= 0.6 is 0 Å². The van der Waals surface area contributed by atoms with Crippen LogP contribution in [0.1, 0.15) is 43.5 Å². The van der Waals surface area contributed by atoms with Crippen molar-refractivity contribution in [1.29, 1.82) is 0 Å². The van der Waals surface area contributed by atoms with Crippen molar-refractivity contribution in [2.75, 3.05) is 18.0 Å². The number of hydrogen-bond donors (Lipinski definition) is 1. The van der Waals surface area contributed by atoms with E-state index in [1.807, 2.05) is 18.6 Å². The molecule has 4 heterocycles. The highest BCUT2D eigenvalue weighted by atomic mass is 16.3. The van der Waals surface area contributed by atoms with E-state index in [0.717, 1.165) is 37.4 Å². The Bertz CT molecular complexity index is 985. The van der Waals surface area contributed by atoms with Gasteiger partial charge >= 0.3 is 0 Å². The average Bonchev–Trinajstić information content (AvgIpc) is 3.49. The summed E-state index contributed by atoms with van der Waals surface area (Å²) in [6, 6.07) is 10.6. The number of imidazole rings is 1. The summed E-state index contributed by atoms with van der Waals surface area (Å²) in [5.41, 5.74) is 4.95. The second-order valence-electron chi connectivity index (χ2n) is 8.08. The zero-order chi connectivity index (χ0) is 19.8. The van der Waals surface area contributed by atoms with Crippen molar-refractivity contribution in [3.05, 3.63) is 66.8 Å². The highest BCUT2D eigenvalue weighted by Crippen LogP contribution is 2.45. The Labute approximate surface area is 170 Å². The number of aromatic nitrogens is 3. The minimum Gasteiger partial charge on any atom is -0.449 e. The van der Waals surface area contributed by atoms with Gasteiger partial charge in [0.25, 0.3) is 0 Å². The van der Waals surface area contributed by atoms with Gasteiger partial charge in [0, 0.05) is 13.1 Å². The lowest BCUT2D eigenvalue weighted by Crippen LogP contribution is -2.38. The summed E-state index contributed by atoms with van der Waals surface area (Å²) in [6.45, 7) is 3.96. The number of rotatable bonds is 5. The SMILES string of the molecule is CC1=C(c2ccccc2)C(CC(O)C2CCN(c3cocn3)CC2)n2cncc21. The fourth-order valence-corrected chi connectivity index (χ4v) is 4.93. The van der Waals surface area contributed by atoms with E-state index >= 15 is 0 Å². The van der Waals surface area contributed by atoms with E-state index in [-0.39, 0.29) is 12.1 Å². The minimum absolute atomic E-state index is 0.124. The molecule has 1 saturated heterocycles. The number of nitrogens with zero attached hydrogens (tertiary/aromatic N) is 4. The third-order valence-electron chi connectivity index (χ3n) is 6.50. The van der Waals surface area contributed by atoms with Crippen molar-refractivity contribution >= 4 is 17.0 Å². The molecule has 2 unspecified atom stereocenters. The Kier molecular flexibility index (Phi) is 4.72. The molecule has 2 aliphatic rings. The van der Waals surface area contributed by atoms with Gasteiger partial charge in [-0.1, -0.05) is 30.3 Å². The molecule has 0 spiro atoms. The first-order chi connectivity index (χ1) is 14.2. The van der Waals surface area contributed by atoms with Gasteiger partial charge in [-0.05, 0) is 48.8 Å². The summed E-state index contributed by atoms with van der Waals surface area (Å²) in [5, 5.41) is 11.2. The number of benzene rings is 1. The molecule has 3 aromatic rings. The van der Waals surface area contributed by atoms with Gasteiger partial charge in [-0.25, -0.2) is 4.98 Å². The molecule has 1 fully saturated rings. The topological polar surface area (TPSA) is 67.3 Å². The normalized spacial score (nSPS) is 20.9. The summed E-state index contributed by atoms with van der Waals surface area (Å²) >= 11 is 0. The largest absolute Gasteiger partial charge is 0.449 e. The number of aliphatic hydroxyl groups is 1. The fraction of sp³-hybridized carbons (Fsp3) is 0.391. The average molecular weight is 390 g/mol. The summed E-state index contributed by atoms with van der Waals surface area (Å²) in [4.78, 5) is 10.8. The van der Waals surface area contributed by atoms with Crippen molar-refractivity contribution in [3.8, 4) is 0 Å². The lowest BCUT2D eigenvalue weighted by molar-refractivity contribution is 0.0770. The number of piperidine rings is 1. The highest BCUT2D eigenvalue weighted by Gasteiger charge is 2.34. The van der Waals surface area contributed by atoms with Crippen molar-refractivity contribution in [1.82, 2.24) is 14.5 Å². The van der Waals surface area contributed by atoms with E-state index in [4.69, 9.17) is 4.42 Å². The Morgan fingerprint density at radius 2 is 2.00 bits per heavy atom. The van der Waals surface area contributed by atoms with Gasteiger partial charge in [0.05, 0.1) is 30.4 Å². The monoisotopic (exact) mass is 390 g/mol. The molecule has 6 heteroatoms. The van der Waals surface area contributed by atoms with Crippen LogP contribution < -0.4 is 4.90 Å². The van der Waals surface area contributed by atoms with E-state index in [1.165, 1.54) is 23.1 Å². The van der Waals surface area contributed by atoms with Crippen LogP contribution in [0.4, 0.5) is 5.82 Å². The Morgan fingerprint density at radius 1 is 1.21 bits per heavy atom. The maximum atomic E-state index is 11.2. The van der Waals surface area contributed by atoms with Crippen molar-refractivity contribution in [3.63, 3.8) is 0 Å². The Hall–Kier alpha value is -2.86. The molecular formula is C23H26N4O2. The van der Waals surface area contributed by atoms with Crippen molar-refractivity contribution in [2.24, 2.45) is 5.92 Å². The molecule has 6 nitrogen and oxygen atoms in total. The molecular weight excluding hydrogens is 364 g/mol. The van der Waals surface area contributed by atoms with Gasteiger partial charge in [-0.3, -0.25) is 0 Å². The van der Waals surface area contributed by atoms with E-state index < -0.39 is 0 Å². The first kappa shape index (κ1) is 18.2. The molecule has 1 aromatic carbocycles.